The molecule has 0 radical (unpaired) electrons. The number of carbonyl (C=O) groups is 1. The van der Waals surface area contributed by atoms with Gasteiger partial charge in [0, 0.05) is 6.66 Å². The van der Waals surface area contributed by atoms with Gasteiger partial charge in [0.05, 0.1) is 6.54 Å². The van der Waals surface area contributed by atoms with Crippen LogP contribution in [0.25, 0.3) is 0 Å². The molecule has 0 fully saturated rings. The van der Waals surface area contributed by atoms with Gasteiger partial charge < -0.3 is 4.89 Å². The first-order valence-corrected chi connectivity index (χ1v) is 9.93. The van der Waals surface area contributed by atoms with E-state index in [-0.39, 0.29) is 6.54 Å². The summed E-state index contributed by atoms with van der Waals surface area (Å²) < 4.78 is 12.4. The van der Waals surface area contributed by atoms with Gasteiger partial charge in [0.25, 0.3) is 5.91 Å². The van der Waals surface area contributed by atoms with E-state index in [9.17, 15) is 14.3 Å². The van der Waals surface area contributed by atoms with Crippen LogP contribution in [0.1, 0.15) is 44.2 Å². The highest BCUT2D eigenvalue weighted by Gasteiger charge is 2.41. The van der Waals surface area contributed by atoms with Crippen molar-refractivity contribution < 1.29 is 19.5 Å². The number of benzene rings is 1. The molecule has 2 atom stereocenters. The summed E-state index contributed by atoms with van der Waals surface area (Å²) in [5.41, 5.74) is 3.27. The van der Waals surface area contributed by atoms with Gasteiger partial charge in [-0.1, -0.05) is 44.0 Å². The van der Waals surface area contributed by atoms with Crippen molar-refractivity contribution in [3.8, 4) is 0 Å². The molecule has 0 saturated heterocycles. The van der Waals surface area contributed by atoms with Crippen LogP contribution >= 0.6 is 7.37 Å². The van der Waals surface area contributed by atoms with Gasteiger partial charge in [-0.2, -0.15) is 0 Å². The molecule has 1 aromatic carbocycles. The summed E-state index contributed by atoms with van der Waals surface area (Å²) in [6, 6.07) is 7.54. The second kappa shape index (κ2) is 8.60. The van der Waals surface area contributed by atoms with E-state index in [4.69, 9.17) is 5.21 Å². The zero-order chi connectivity index (χ0) is 17.5. The smallest absolute Gasteiger partial charge is 0.257 e. The van der Waals surface area contributed by atoms with Crippen molar-refractivity contribution in [2.75, 3.05) is 13.2 Å². The Morgan fingerprint density at radius 1 is 1.35 bits per heavy atom. The van der Waals surface area contributed by atoms with Crippen LogP contribution in [0.4, 0.5) is 0 Å². The third-order valence-electron chi connectivity index (χ3n) is 4.11. The standard InChI is InChI=1S/C16H27N2O4P/c1-4-5-6-8-13-9-7-10-14(11-13)16(2,23(3,21)22)17-12-15(19)18-20/h7,9-11,17,20H,4-6,8,12H2,1-3H3,(H,18,19)(H,21,22). The zero-order valence-corrected chi connectivity index (χ0v) is 14.9. The molecule has 0 aliphatic rings. The van der Waals surface area contributed by atoms with Gasteiger partial charge in [-0.3, -0.25) is 19.9 Å². The van der Waals surface area contributed by atoms with E-state index in [1.807, 2.05) is 18.2 Å². The summed E-state index contributed by atoms with van der Waals surface area (Å²) in [5.74, 6) is -0.663. The van der Waals surface area contributed by atoms with E-state index in [0.29, 0.717) is 5.56 Å². The minimum Gasteiger partial charge on any atom is -0.343 e. The number of hydrogen-bond donors (Lipinski definition) is 4. The van der Waals surface area contributed by atoms with Crippen LogP contribution in [0.2, 0.25) is 0 Å². The molecule has 4 N–H and O–H groups in total. The Morgan fingerprint density at radius 3 is 2.61 bits per heavy atom. The lowest BCUT2D eigenvalue weighted by atomic mass is 10.0. The fourth-order valence-electron chi connectivity index (χ4n) is 2.39. The van der Waals surface area contributed by atoms with Crippen LogP contribution < -0.4 is 10.8 Å². The summed E-state index contributed by atoms with van der Waals surface area (Å²) in [6.45, 7) is 4.75. The molecule has 1 rings (SSSR count). The van der Waals surface area contributed by atoms with Crippen LogP contribution in [-0.2, 0) is 21.1 Å². The number of aryl methyl sites for hydroxylation is 1. The van der Waals surface area contributed by atoms with Gasteiger partial charge in [0.1, 0.15) is 5.28 Å². The first-order valence-electron chi connectivity index (χ1n) is 7.82. The summed E-state index contributed by atoms with van der Waals surface area (Å²) in [7, 11) is -3.60. The highest BCUT2D eigenvalue weighted by Crippen LogP contribution is 2.55. The van der Waals surface area contributed by atoms with Crippen molar-refractivity contribution in [2.24, 2.45) is 0 Å². The SMILES string of the molecule is CCCCCc1cccc(C(C)(NCC(=O)NO)P(C)(=O)O)c1. The molecule has 23 heavy (non-hydrogen) atoms. The molecule has 0 aliphatic carbocycles. The summed E-state index contributed by atoms with van der Waals surface area (Å²) in [4.78, 5) is 21.4. The lowest BCUT2D eigenvalue weighted by molar-refractivity contribution is -0.128. The minimum absolute atomic E-state index is 0.258. The maximum Gasteiger partial charge on any atom is 0.257 e. The molecule has 0 bridgehead atoms. The summed E-state index contributed by atoms with van der Waals surface area (Å²) >= 11 is 0. The van der Waals surface area contributed by atoms with Gasteiger partial charge in [-0.25, -0.2) is 5.48 Å². The quantitative estimate of drug-likeness (QED) is 0.239. The highest BCUT2D eigenvalue weighted by molar-refractivity contribution is 7.58. The molecule has 0 spiro atoms. The number of amides is 1. The highest BCUT2D eigenvalue weighted by atomic mass is 31.2. The van der Waals surface area contributed by atoms with Crippen molar-refractivity contribution >= 4 is 13.3 Å². The summed E-state index contributed by atoms with van der Waals surface area (Å²) in [6.07, 6.45) is 4.26. The molecule has 0 heterocycles. The molecular formula is C16H27N2O4P. The summed E-state index contributed by atoms with van der Waals surface area (Å²) in [5, 5.41) is 10.1. The van der Waals surface area contributed by atoms with Crippen molar-refractivity contribution in [1.82, 2.24) is 10.8 Å². The number of rotatable bonds is 9. The van der Waals surface area contributed by atoms with E-state index in [0.717, 1.165) is 31.2 Å². The van der Waals surface area contributed by atoms with Crippen LogP contribution in [-0.4, -0.2) is 29.2 Å². The van der Waals surface area contributed by atoms with Gasteiger partial charge in [0.15, 0.2) is 0 Å². The second-order valence-corrected chi connectivity index (χ2v) is 8.65. The third kappa shape index (κ3) is 5.43. The number of hydroxylamine groups is 1. The number of hydrogen-bond acceptors (Lipinski definition) is 4. The average molecular weight is 342 g/mol. The predicted molar refractivity (Wildman–Crippen MR) is 90.7 cm³/mol. The van der Waals surface area contributed by atoms with Crippen LogP contribution in [0.5, 0.6) is 0 Å². The van der Waals surface area contributed by atoms with Crippen molar-refractivity contribution in [3.63, 3.8) is 0 Å². The van der Waals surface area contributed by atoms with E-state index in [2.05, 4.69) is 12.2 Å². The Kier molecular flexibility index (Phi) is 7.42. The number of carbonyl (C=O) groups excluding carboxylic acids is 1. The Balaban J connectivity index is 3.05. The molecular weight excluding hydrogens is 315 g/mol. The first kappa shape index (κ1) is 19.8. The van der Waals surface area contributed by atoms with Crippen molar-refractivity contribution in [3.05, 3.63) is 35.4 Å². The first-order chi connectivity index (χ1) is 10.7. The topological polar surface area (TPSA) is 98.7 Å². The monoisotopic (exact) mass is 342 g/mol. The number of unbranched alkanes of at least 4 members (excludes halogenated alkanes) is 2. The Hall–Kier alpha value is -1.20. The predicted octanol–water partition coefficient (Wildman–Crippen LogP) is 2.59. The molecule has 0 saturated carbocycles. The fraction of sp³-hybridized carbons (Fsp3) is 0.562. The van der Waals surface area contributed by atoms with Crippen molar-refractivity contribution in [2.45, 2.75) is 44.8 Å². The lowest BCUT2D eigenvalue weighted by Gasteiger charge is -2.34. The van der Waals surface area contributed by atoms with Crippen LogP contribution in [0.15, 0.2) is 24.3 Å². The van der Waals surface area contributed by atoms with Crippen molar-refractivity contribution in [1.29, 1.82) is 0 Å². The third-order valence-corrected chi connectivity index (χ3v) is 6.18. The number of nitrogens with one attached hydrogen (secondary N) is 2. The lowest BCUT2D eigenvalue weighted by Crippen LogP contribution is -2.44. The molecule has 1 aromatic rings. The van der Waals surface area contributed by atoms with E-state index in [1.54, 1.807) is 13.0 Å². The van der Waals surface area contributed by atoms with E-state index < -0.39 is 18.6 Å². The van der Waals surface area contributed by atoms with Gasteiger partial charge in [0.2, 0.25) is 7.37 Å². The molecule has 0 aromatic heterocycles. The van der Waals surface area contributed by atoms with Crippen LogP contribution in [0, 0.1) is 0 Å². The average Bonchev–Trinajstić information content (AvgIpc) is 2.51. The van der Waals surface area contributed by atoms with Gasteiger partial charge >= 0.3 is 0 Å². The fourth-order valence-corrected chi connectivity index (χ4v) is 3.38. The Labute approximate surface area is 137 Å². The van der Waals surface area contributed by atoms with E-state index >= 15 is 0 Å². The Morgan fingerprint density at radius 2 is 2.04 bits per heavy atom. The minimum atomic E-state index is -3.60. The zero-order valence-electron chi connectivity index (χ0n) is 14.0. The molecule has 6 nitrogen and oxygen atoms in total. The molecule has 1 amide bonds. The second-order valence-electron chi connectivity index (χ2n) is 6.00. The van der Waals surface area contributed by atoms with Gasteiger partial charge in [-0.05, 0) is 30.9 Å². The molecule has 7 heteroatoms. The maximum absolute atomic E-state index is 12.4. The normalized spacial score (nSPS) is 16.4. The molecule has 0 aliphatic heterocycles. The molecule has 130 valence electrons. The van der Waals surface area contributed by atoms with E-state index in [1.165, 1.54) is 12.1 Å². The van der Waals surface area contributed by atoms with Crippen LogP contribution in [0.3, 0.4) is 0 Å². The van der Waals surface area contributed by atoms with Gasteiger partial charge in [-0.15, -0.1) is 0 Å². The maximum atomic E-state index is 12.4. The largest absolute Gasteiger partial charge is 0.343 e. The molecule has 2 unspecified atom stereocenters. The Bertz CT molecular complexity index is 573.